The van der Waals surface area contributed by atoms with Gasteiger partial charge in [-0.15, -0.1) is 0 Å². The molecule has 0 aliphatic carbocycles. The fourth-order valence-electron chi connectivity index (χ4n) is 2.95. The highest BCUT2D eigenvalue weighted by molar-refractivity contribution is 5.94. The van der Waals surface area contributed by atoms with Crippen molar-refractivity contribution in [1.82, 2.24) is 15.1 Å². The number of carbonyl (C=O) groups is 2. The van der Waals surface area contributed by atoms with Gasteiger partial charge in [0.15, 0.2) is 0 Å². The zero-order valence-corrected chi connectivity index (χ0v) is 15.3. The van der Waals surface area contributed by atoms with E-state index in [9.17, 15) is 9.59 Å². The molecule has 0 spiro atoms. The minimum absolute atomic E-state index is 0.0240. The highest BCUT2D eigenvalue weighted by Gasteiger charge is 2.27. The molecule has 0 unspecified atom stereocenters. The Morgan fingerprint density at radius 1 is 1.17 bits per heavy atom. The number of carbonyl (C=O) groups excluding carboxylic acids is 2. The number of hydrogen-bond acceptors (Lipinski definition) is 3. The van der Waals surface area contributed by atoms with Gasteiger partial charge in [0, 0.05) is 37.7 Å². The standard InChI is InChI=1S/C19H29N3O2/c1-14-5-6-17(13-15(14)2)19(24)22-10-7-16(8-11-22)18(23)20-9-12-21(3)4/h5-6,13,16H,7-12H2,1-4H3,(H,20,23). The number of benzene rings is 1. The van der Waals surface area contributed by atoms with Crippen LogP contribution in [0.4, 0.5) is 0 Å². The second-order valence-electron chi connectivity index (χ2n) is 6.96. The van der Waals surface area contributed by atoms with Crippen molar-refractivity contribution in [1.29, 1.82) is 0 Å². The van der Waals surface area contributed by atoms with Gasteiger partial charge in [0.2, 0.25) is 5.91 Å². The Kier molecular flexibility index (Phi) is 6.37. The lowest BCUT2D eigenvalue weighted by atomic mass is 9.95. The number of likely N-dealkylation sites (N-methyl/N-ethyl adjacent to an activating group) is 1. The molecule has 5 nitrogen and oxygen atoms in total. The number of piperidine rings is 1. The van der Waals surface area contributed by atoms with Crippen LogP contribution < -0.4 is 5.32 Å². The molecule has 1 aliphatic rings. The van der Waals surface area contributed by atoms with E-state index < -0.39 is 0 Å². The van der Waals surface area contributed by atoms with E-state index in [2.05, 4.69) is 5.32 Å². The van der Waals surface area contributed by atoms with Crippen LogP contribution in [0.3, 0.4) is 0 Å². The Bertz CT molecular complexity index is 590. The van der Waals surface area contributed by atoms with Crippen molar-refractivity contribution in [2.75, 3.05) is 40.3 Å². The molecule has 0 bridgehead atoms. The molecule has 2 amide bonds. The van der Waals surface area contributed by atoms with Crippen LogP contribution in [0.1, 0.15) is 34.3 Å². The van der Waals surface area contributed by atoms with Crippen LogP contribution in [0, 0.1) is 19.8 Å². The van der Waals surface area contributed by atoms with Crippen LogP contribution in [0.15, 0.2) is 18.2 Å². The Morgan fingerprint density at radius 3 is 2.42 bits per heavy atom. The number of nitrogens with one attached hydrogen (secondary N) is 1. The van der Waals surface area contributed by atoms with E-state index in [4.69, 9.17) is 0 Å². The number of hydrogen-bond donors (Lipinski definition) is 1. The number of rotatable bonds is 5. The summed E-state index contributed by atoms with van der Waals surface area (Å²) in [7, 11) is 3.98. The molecular weight excluding hydrogens is 302 g/mol. The molecule has 132 valence electrons. The molecule has 1 heterocycles. The second kappa shape index (κ2) is 8.29. The van der Waals surface area contributed by atoms with Crippen LogP contribution >= 0.6 is 0 Å². The second-order valence-corrected chi connectivity index (χ2v) is 6.96. The Balaban J connectivity index is 1.84. The molecule has 1 saturated heterocycles. The number of aryl methyl sites for hydroxylation is 2. The Morgan fingerprint density at radius 2 is 1.83 bits per heavy atom. The zero-order valence-electron chi connectivity index (χ0n) is 15.3. The van der Waals surface area contributed by atoms with Gasteiger partial charge in [-0.1, -0.05) is 6.07 Å². The largest absolute Gasteiger partial charge is 0.355 e. The Hall–Kier alpha value is -1.88. The summed E-state index contributed by atoms with van der Waals surface area (Å²) in [6.45, 7) is 6.89. The molecule has 1 N–H and O–H groups in total. The van der Waals surface area contributed by atoms with Crippen molar-refractivity contribution >= 4 is 11.8 Å². The first-order valence-electron chi connectivity index (χ1n) is 8.67. The minimum atomic E-state index is 0.0240. The van der Waals surface area contributed by atoms with Crippen molar-refractivity contribution in [3.63, 3.8) is 0 Å². The molecule has 1 aromatic rings. The van der Waals surface area contributed by atoms with Gasteiger partial charge in [-0.2, -0.15) is 0 Å². The molecule has 0 radical (unpaired) electrons. The van der Waals surface area contributed by atoms with Gasteiger partial charge >= 0.3 is 0 Å². The lowest BCUT2D eigenvalue weighted by molar-refractivity contribution is -0.126. The molecule has 5 heteroatoms. The SMILES string of the molecule is Cc1ccc(C(=O)N2CCC(C(=O)NCCN(C)C)CC2)cc1C. The summed E-state index contributed by atoms with van der Waals surface area (Å²) in [5.41, 5.74) is 3.07. The van der Waals surface area contributed by atoms with E-state index in [0.717, 1.165) is 30.5 Å². The smallest absolute Gasteiger partial charge is 0.253 e. The molecule has 0 saturated carbocycles. The van der Waals surface area contributed by atoms with E-state index in [-0.39, 0.29) is 17.7 Å². The fourth-order valence-corrected chi connectivity index (χ4v) is 2.95. The predicted octanol–water partition coefficient (Wildman–Crippen LogP) is 1.83. The molecule has 0 aromatic heterocycles. The summed E-state index contributed by atoms with van der Waals surface area (Å²) in [4.78, 5) is 28.7. The summed E-state index contributed by atoms with van der Waals surface area (Å²) in [6.07, 6.45) is 1.48. The number of nitrogens with zero attached hydrogens (tertiary/aromatic N) is 2. The van der Waals surface area contributed by atoms with Crippen LogP contribution in [-0.2, 0) is 4.79 Å². The van der Waals surface area contributed by atoms with Crippen LogP contribution in [0.2, 0.25) is 0 Å². The van der Waals surface area contributed by atoms with Gasteiger partial charge < -0.3 is 15.1 Å². The summed E-state index contributed by atoms with van der Waals surface area (Å²) in [5, 5.41) is 2.99. The first kappa shape index (κ1) is 18.5. The minimum Gasteiger partial charge on any atom is -0.355 e. The average Bonchev–Trinajstić information content (AvgIpc) is 2.56. The molecule has 1 fully saturated rings. The molecule has 0 atom stereocenters. The van der Waals surface area contributed by atoms with Crippen LogP contribution in [0.5, 0.6) is 0 Å². The predicted molar refractivity (Wildman–Crippen MR) is 96.1 cm³/mol. The van der Waals surface area contributed by atoms with Crippen molar-refractivity contribution in [2.24, 2.45) is 5.92 Å². The van der Waals surface area contributed by atoms with Gasteiger partial charge in [-0.25, -0.2) is 0 Å². The maximum absolute atomic E-state index is 12.6. The van der Waals surface area contributed by atoms with Gasteiger partial charge in [0.05, 0.1) is 0 Å². The fraction of sp³-hybridized carbons (Fsp3) is 0.579. The van der Waals surface area contributed by atoms with Gasteiger partial charge in [-0.05, 0) is 64.0 Å². The van der Waals surface area contributed by atoms with Crippen molar-refractivity contribution < 1.29 is 9.59 Å². The molecule has 1 aromatic carbocycles. The maximum atomic E-state index is 12.6. The van der Waals surface area contributed by atoms with Crippen LogP contribution in [-0.4, -0.2) is 61.9 Å². The van der Waals surface area contributed by atoms with Gasteiger partial charge in [-0.3, -0.25) is 9.59 Å². The molecular formula is C19H29N3O2. The first-order valence-corrected chi connectivity index (χ1v) is 8.67. The quantitative estimate of drug-likeness (QED) is 0.896. The monoisotopic (exact) mass is 331 g/mol. The lowest BCUT2D eigenvalue weighted by Crippen LogP contribution is -2.44. The third kappa shape index (κ3) is 4.81. The lowest BCUT2D eigenvalue weighted by Gasteiger charge is -2.31. The van der Waals surface area contributed by atoms with Crippen molar-refractivity contribution in [3.8, 4) is 0 Å². The summed E-state index contributed by atoms with van der Waals surface area (Å²) < 4.78 is 0. The third-order valence-corrected chi connectivity index (χ3v) is 4.77. The van der Waals surface area contributed by atoms with Crippen molar-refractivity contribution in [2.45, 2.75) is 26.7 Å². The highest BCUT2D eigenvalue weighted by atomic mass is 16.2. The normalized spacial score (nSPS) is 15.6. The number of amides is 2. The average molecular weight is 331 g/mol. The third-order valence-electron chi connectivity index (χ3n) is 4.77. The van der Waals surface area contributed by atoms with E-state index in [1.165, 1.54) is 5.56 Å². The topological polar surface area (TPSA) is 52.7 Å². The van der Waals surface area contributed by atoms with Gasteiger partial charge in [0.25, 0.3) is 5.91 Å². The van der Waals surface area contributed by atoms with Gasteiger partial charge in [0.1, 0.15) is 0 Å². The molecule has 1 aliphatic heterocycles. The molecule has 2 rings (SSSR count). The highest BCUT2D eigenvalue weighted by Crippen LogP contribution is 2.20. The Labute approximate surface area is 145 Å². The number of likely N-dealkylation sites (tertiary alicyclic amines) is 1. The zero-order chi connectivity index (χ0) is 17.7. The first-order chi connectivity index (χ1) is 11.4. The summed E-state index contributed by atoms with van der Waals surface area (Å²) in [5.74, 6) is 0.218. The van der Waals surface area contributed by atoms with E-state index in [0.29, 0.717) is 19.6 Å². The van der Waals surface area contributed by atoms with E-state index >= 15 is 0 Å². The van der Waals surface area contributed by atoms with E-state index in [1.807, 2.05) is 55.9 Å². The summed E-state index contributed by atoms with van der Waals surface area (Å²) in [6, 6.07) is 5.84. The summed E-state index contributed by atoms with van der Waals surface area (Å²) >= 11 is 0. The van der Waals surface area contributed by atoms with Crippen LogP contribution in [0.25, 0.3) is 0 Å². The maximum Gasteiger partial charge on any atom is 0.253 e. The molecule has 24 heavy (non-hydrogen) atoms. The van der Waals surface area contributed by atoms with Crippen molar-refractivity contribution in [3.05, 3.63) is 34.9 Å². The van der Waals surface area contributed by atoms with E-state index in [1.54, 1.807) is 0 Å².